The van der Waals surface area contributed by atoms with Crippen LogP contribution in [0.4, 0.5) is 5.69 Å². The molecule has 2 aromatic rings. The number of ether oxygens (including phenoxy) is 1. The molecule has 0 bridgehead atoms. The fraction of sp³-hybridized carbons (Fsp3) is 0.158. The molecule has 0 aliphatic heterocycles. The molecular weight excluding hydrogens is 274 g/mol. The van der Waals surface area contributed by atoms with Crippen LogP contribution in [0.25, 0.3) is 0 Å². The van der Waals surface area contributed by atoms with Gasteiger partial charge in [0.05, 0.1) is 12.3 Å². The highest BCUT2D eigenvalue weighted by Crippen LogP contribution is 2.21. The van der Waals surface area contributed by atoms with Crippen LogP contribution in [0.1, 0.15) is 29.8 Å². The maximum Gasteiger partial charge on any atom is 0.221 e. The highest BCUT2D eigenvalue weighted by molar-refractivity contribution is 6.09. The summed E-state index contributed by atoms with van der Waals surface area (Å²) in [6.07, 6.45) is 3.26. The molecule has 0 atom stereocenters. The smallest absolute Gasteiger partial charge is 0.221 e. The van der Waals surface area contributed by atoms with Crippen LogP contribution in [0.3, 0.4) is 0 Å². The Bertz CT molecular complexity index is 688. The molecule has 0 radical (unpaired) electrons. The van der Waals surface area contributed by atoms with E-state index in [0.29, 0.717) is 23.8 Å². The van der Waals surface area contributed by atoms with Crippen LogP contribution in [-0.2, 0) is 4.74 Å². The van der Waals surface area contributed by atoms with E-state index in [9.17, 15) is 4.79 Å². The second-order valence-corrected chi connectivity index (χ2v) is 4.60. The topological polar surface area (TPSA) is 38.7 Å². The standard InChI is InChI=1S/C19H19NO2/c1-3-10-18(21)16-13-8-9-14-17(16)20-19(22-4-2)15-11-6-5-7-12-15/h3,5-14H,4H2,1-2H3/b10-3+,20-19?. The lowest BCUT2D eigenvalue weighted by Crippen LogP contribution is -2.06. The van der Waals surface area contributed by atoms with Gasteiger partial charge in [-0.05, 0) is 44.2 Å². The molecule has 0 fully saturated rings. The minimum atomic E-state index is -0.0641. The van der Waals surface area contributed by atoms with Gasteiger partial charge in [-0.1, -0.05) is 36.4 Å². The van der Waals surface area contributed by atoms with E-state index >= 15 is 0 Å². The maximum absolute atomic E-state index is 12.1. The van der Waals surface area contributed by atoms with Gasteiger partial charge >= 0.3 is 0 Å². The van der Waals surface area contributed by atoms with Gasteiger partial charge in [-0.25, -0.2) is 4.99 Å². The molecule has 0 spiro atoms. The van der Waals surface area contributed by atoms with Crippen molar-refractivity contribution in [3.8, 4) is 0 Å². The van der Waals surface area contributed by atoms with Crippen molar-refractivity contribution in [2.75, 3.05) is 6.61 Å². The van der Waals surface area contributed by atoms with Crippen LogP contribution in [0.5, 0.6) is 0 Å². The zero-order valence-corrected chi connectivity index (χ0v) is 12.8. The number of hydrogen-bond donors (Lipinski definition) is 0. The number of nitrogens with zero attached hydrogens (tertiary/aromatic N) is 1. The van der Waals surface area contributed by atoms with Crippen molar-refractivity contribution in [1.82, 2.24) is 0 Å². The van der Waals surface area contributed by atoms with Crippen LogP contribution in [0.15, 0.2) is 71.7 Å². The number of carbonyl (C=O) groups is 1. The third-order valence-electron chi connectivity index (χ3n) is 3.01. The first-order chi connectivity index (χ1) is 10.8. The molecule has 0 saturated heterocycles. The molecule has 0 saturated carbocycles. The molecule has 0 aliphatic rings. The van der Waals surface area contributed by atoms with Gasteiger partial charge in [0.25, 0.3) is 0 Å². The Morgan fingerprint density at radius 3 is 2.45 bits per heavy atom. The van der Waals surface area contributed by atoms with E-state index in [2.05, 4.69) is 4.99 Å². The molecule has 22 heavy (non-hydrogen) atoms. The zero-order chi connectivity index (χ0) is 15.8. The minimum Gasteiger partial charge on any atom is -0.478 e. The number of benzene rings is 2. The Morgan fingerprint density at radius 1 is 1.09 bits per heavy atom. The quantitative estimate of drug-likeness (QED) is 0.351. The Balaban J connectivity index is 2.47. The highest BCUT2D eigenvalue weighted by Gasteiger charge is 2.10. The number of ketones is 1. The molecule has 2 rings (SSSR count). The largest absolute Gasteiger partial charge is 0.478 e. The van der Waals surface area contributed by atoms with Crippen LogP contribution in [0.2, 0.25) is 0 Å². The number of rotatable bonds is 5. The van der Waals surface area contributed by atoms with Crippen LogP contribution in [0, 0.1) is 0 Å². The molecule has 0 unspecified atom stereocenters. The van der Waals surface area contributed by atoms with Crippen LogP contribution in [-0.4, -0.2) is 18.3 Å². The SMILES string of the molecule is C/C=C/C(=O)c1ccccc1N=C(OCC)c1ccccc1. The minimum absolute atomic E-state index is 0.0641. The maximum atomic E-state index is 12.1. The van der Waals surface area contributed by atoms with Crippen molar-refractivity contribution in [3.63, 3.8) is 0 Å². The van der Waals surface area contributed by atoms with Gasteiger partial charge in [0, 0.05) is 11.1 Å². The third-order valence-corrected chi connectivity index (χ3v) is 3.01. The predicted molar refractivity (Wildman–Crippen MR) is 89.9 cm³/mol. The van der Waals surface area contributed by atoms with E-state index in [-0.39, 0.29) is 5.78 Å². The van der Waals surface area contributed by atoms with Crippen molar-refractivity contribution in [2.24, 2.45) is 4.99 Å². The summed E-state index contributed by atoms with van der Waals surface area (Å²) in [5.41, 5.74) is 2.06. The Labute approximate surface area is 131 Å². The van der Waals surface area contributed by atoms with Crippen molar-refractivity contribution in [1.29, 1.82) is 0 Å². The molecule has 0 N–H and O–H groups in total. The first-order valence-electron chi connectivity index (χ1n) is 7.29. The van der Waals surface area contributed by atoms with Gasteiger partial charge in [-0.3, -0.25) is 4.79 Å². The molecule has 2 aromatic carbocycles. The van der Waals surface area contributed by atoms with Crippen LogP contribution >= 0.6 is 0 Å². The van der Waals surface area contributed by atoms with E-state index in [1.54, 1.807) is 12.1 Å². The molecule has 3 nitrogen and oxygen atoms in total. The zero-order valence-electron chi connectivity index (χ0n) is 12.8. The second kappa shape index (κ2) is 7.93. The summed E-state index contributed by atoms with van der Waals surface area (Å²) in [7, 11) is 0. The van der Waals surface area contributed by atoms with E-state index in [1.807, 2.05) is 62.4 Å². The number of hydrogen-bond acceptors (Lipinski definition) is 3. The predicted octanol–water partition coefficient (Wildman–Crippen LogP) is 4.56. The van der Waals surface area contributed by atoms with Gasteiger partial charge in [-0.15, -0.1) is 0 Å². The molecule has 0 aromatic heterocycles. The lowest BCUT2D eigenvalue weighted by Gasteiger charge is -2.09. The average molecular weight is 293 g/mol. The van der Waals surface area contributed by atoms with Gasteiger partial charge in [0.15, 0.2) is 5.78 Å². The van der Waals surface area contributed by atoms with Gasteiger partial charge in [-0.2, -0.15) is 0 Å². The second-order valence-electron chi connectivity index (χ2n) is 4.60. The van der Waals surface area contributed by atoms with Gasteiger partial charge in [0.1, 0.15) is 0 Å². The summed E-state index contributed by atoms with van der Waals surface area (Å²) in [4.78, 5) is 16.7. The summed E-state index contributed by atoms with van der Waals surface area (Å²) in [5, 5.41) is 0. The monoisotopic (exact) mass is 293 g/mol. The number of aliphatic imine (C=N–C) groups is 1. The first kappa shape index (κ1) is 15.7. The van der Waals surface area contributed by atoms with Crippen molar-refractivity contribution in [2.45, 2.75) is 13.8 Å². The molecule has 0 amide bonds. The van der Waals surface area contributed by atoms with Crippen molar-refractivity contribution in [3.05, 3.63) is 77.9 Å². The van der Waals surface area contributed by atoms with Gasteiger partial charge < -0.3 is 4.74 Å². The van der Waals surface area contributed by atoms with E-state index in [0.717, 1.165) is 5.56 Å². The van der Waals surface area contributed by atoms with E-state index in [1.165, 1.54) is 6.08 Å². The van der Waals surface area contributed by atoms with E-state index < -0.39 is 0 Å². The first-order valence-corrected chi connectivity index (χ1v) is 7.29. The lowest BCUT2D eigenvalue weighted by atomic mass is 10.1. The van der Waals surface area contributed by atoms with E-state index in [4.69, 9.17) is 4.74 Å². The average Bonchev–Trinajstić information content (AvgIpc) is 2.56. The summed E-state index contributed by atoms with van der Waals surface area (Å²) < 4.78 is 5.65. The fourth-order valence-electron chi connectivity index (χ4n) is 2.03. The van der Waals surface area contributed by atoms with Crippen molar-refractivity contribution < 1.29 is 9.53 Å². The molecule has 0 heterocycles. The van der Waals surface area contributed by atoms with Gasteiger partial charge in [0.2, 0.25) is 5.90 Å². The third kappa shape index (κ3) is 3.92. The summed E-state index contributed by atoms with van der Waals surface area (Å²) >= 11 is 0. The number of carbonyl (C=O) groups excluding carboxylic acids is 1. The van der Waals surface area contributed by atoms with Crippen molar-refractivity contribution >= 4 is 17.4 Å². The molecular formula is C19H19NO2. The normalized spacial score (nSPS) is 11.6. The fourth-order valence-corrected chi connectivity index (χ4v) is 2.03. The molecule has 112 valence electrons. The summed E-state index contributed by atoms with van der Waals surface area (Å²) in [6, 6.07) is 17.0. The highest BCUT2D eigenvalue weighted by atomic mass is 16.5. The Kier molecular flexibility index (Phi) is 5.66. The molecule has 3 heteroatoms. The Morgan fingerprint density at radius 2 is 1.77 bits per heavy atom. The summed E-state index contributed by atoms with van der Waals surface area (Å²) in [6.45, 7) is 4.24. The number of para-hydroxylation sites is 1. The lowest BCUT2D eigenvalue weighted by molar-refractivity contribution is 0.104. The Hall–Kier alpha value is -2.68. The number of allylic oxidation sites excluding steroid dienone is 2. The summed E-state index contributed by atoms with van der Waals surface area (Å²) in [5.74, 6) is 0.453. The molecule has 0 aliphatic carbocycles. The van der Waals surface area contributed by atoms with Crippen LogP contribution < -0.4 is 0 Å².